The summed E-state index contributed by atoms with van der Waals surface area (Å²) < 4.78 is 10.4. The molecule has 2 aliphatic rings. The fraction of sp³-hybridized carbons (Fsp3) is 0.864. The van der Waals surface area contributed by atoms with E-state index in [0.29, 0.717) is 18.9 Å². The molecule has 1 atom stereocenters. The van der Waals surface area contributed by atoms with Crippen molar-refractivity contribution < 1.29 is 23.9 Å². The van der Waals surface area contributed by atoms with Crippen molar-refractivity contribution in [3.63, 3.8) is 0 Å². The van der Waals surface area contributed by atoms with E-state index in [4.69, 9.17) is 9.47 Å². The predicted octanol–water partition coefficient (Wildman–Crippen LogP) is 4.83. The summed E-state index contributed by atoms with van der Waals surface area (Å²) >= 11 is 0. The molecule has 168 valence electrons. The number of carbonyl (C=O) groups excluding carboxylic acids is 3. The molecule has 0 aromatic heterocycles. The van der Waals surface area contributed by atoms with Gasteiger partial charge in [-0.05, 0) is 72.6 Å². The summed E-state index contributed by atoms with van der Waals surface area (Å²) in [5.74, 6) is 0.993. The summed E-state index contributed by atoms with van der Waals surface area (Å²) in [6.45, 7) is 17.5. The number of likely N-dealkylation sites (tertiary alicyclic amines) is 2. The third kappa shape index (κ3) is 9.99. The van der Waals surface area contributed by atoms with Crippen LogP contribution in [0.4, 0.5) is 9.59 Å². The normalized spacial score (nSPS) is 21.2. The van der Waals surface area contributed by atoms with Crippen molar-refractivity contribution in [1.29, 1.82) is 0 Å². The van der Waals surface area contributed by atoms with Crippen molar-refractivity contribution in [2.45, 2.75) is 92.3 Å². The summed E-state index contributed by atoms with van der Waals surface area (Å²) in [7, 11) is 0. The minimum absolute atomic E-state index is 0.122. The lowest BCUT2D eigenvalue weighted by atomic mass is 9.99. The summed E-state index contributed by atoms with van der Waals surface area (Å²) in [5, 5.41) is 0. The van der Waals surface area contributed by atoms with Crippen LogP contribution in [0.5, 0.6) is 0 Å². The van der Waals surface area contributed by atoms with Gasteiger partial charge in [0.1, 0.15) is 11.2 Å². The Morgan fingerprint density at radius 1 is 0.793 bits per heavy atom. The van der Waals surface area contributed by atoms with E-state index in [-0.39, 0.29) is 17.6 Å². The zero-order valence-electron chi connectivity index (χ0n) is 19.5. The summed E-state index contributed by atoms with van der Waals surface area (Å²) in [6.07, 6.45) is 2.83. The fourth-order valence-corrected chi connectivity index (χ4v) is 3.01. The van der Waals surface area contributed by atoms with Crippen LogP contribution in [-0.4, -0.2) is 58.7 Å². The SMILES string of the molecule is CC1CCN(C(=O)OC(C)(C)C)C(=O)C1.CC1CCN(C(=O)OC(C)(C)C)CC1. The van der Waals surface area contributed by atoms with Crippen LogP contribution in [0.3, 0.4) is 0 Å². The molecule has 0 aromatic rings. The van der Waals surface area contributed by atoms with Gasteiger partial charge < -0.3 is 14.4 Å². The summed E-state index contributed by atoms with van der Waals surface area (Å²) in [4.78, 5) is 37.8. The molecule has 0 saturated carbocycles. The average Bonchev–Trinajstić information content (AvgIpc) is 2.52. The van der Waals surface area contributed by atoms with Crippen molar-refractivity contribution in [2.75, 3.05) is 19.6 Å². The molecule has 0 aromatic carbocycles. The van der Waals surface area contributed by atoms with Crippen LogP contribution in [-0.2, 0) is 14.3 Å². The molecule has 2 aliphatic heterocycles. The van der Waals surface area contributed by atoms with Crippen LogP contribution in [0.25, 0.3) is 0 Å². The highest BCUT2D eigenvalue weighted by Crippen LogP contribution is 2.20. The largest absolute Gasteiger partial charge is 0.444 e. The molecule has 1 unspecified atom stereocenters. The molecule has 0 bridgehead atoms. The second-order valence-electron chi connectivity index (χ2n) is 10.3. The Morgan fingerprint density at radius 2 is 1.24 bits per heavy atom. The van der Waals surface area contributed by atoms with E-state index in [1.807, 2.05) is 32.6 Å². The van der Waals surface area contributed by atoms with Gasteiger partial charge in [-0.1, -0.05) is 13.8 Å². The van der Waals surface area contributed by atoms with E-state index >= 15 is 0 Å². The van der Waals surface area contributed by atoms with Crippen LogP contribution in [0.2, 0.25) is 0 Å². The second kappa shape index (κ2) is 10.3. The molecule has 2 heterocycles. The van der Waals surface area contributed by atoms with E-state index in [2.05, 4.69) is 6.92 Å². The van der Waals surface area contributed by atoms with Crippen LogP contribution in [0, 0.1) is 11.8 Å². The Kier molecular flexibility index (Phi) is 8.97. The quantitative estimate of drug-likeness (QED) is 0.569. The monoisotopic (exact) mass is 412 g/mol. The number of amides is 3. The number of nitrogens with zero attached hydrogens (tertiary/aromatic N) is 2. The number of imide groups is 1. The fourth-order valence-electron chi connectivity index (χ4n) is 3.01. The molecular formula is C22H40N2O5. The van der Waals surface area contributed by atoms with E-state index in [0.717, 1.165) is 38.3 Å². The maximum atomic E-state index is 11.6. The molecule has 0 radical (unpaired) electrons. The maximum Gasteiger partial charge on any atom is 0.417 e. The van der Waals surface area contributed by atoms with Gasteiger partial charge in [0.15, 0.2) is 0 Å². The molecule has 3 amide bonds. The van der Waals surface area contributed by atoms with Gasteiger partial charge in [0.05, 0.1) is 0 Å². The molecule has 7 nitrogen and oxygen atoms in total. The first kappa shape index (κ1) is 25.2. The number of carbonyl (C=O) groups is 3. The van der Waals surface area contributed by atoms with Crippen LogP contribution in [0.15, 0.2) is 0 Å². The standard InChI is InChI=1S/C11H19NO3.C11H21NO2/c1-8-5-6-12(9(13)7-8)10(14)15-11(2,3)4;1-9-5-7-12(8-6-9)10(13)14-11(2,3)4/h8H,5-7H2,1-4H3;9H,5-8H2,1-4H3. The number of ether oxygens (including phenoxy) is 2. The van der Waals surface area contributed by atoms with Gasteiger partial charge in [-0.2, -0.15) is 0 Å². The summed E-state index contributed by atoms with van der Waals surface area (Å²) in [5.41, 5.74) is -0.916. The lowest BCUT2D eigenvalue weighted by Gasteiger charge is -2.32. The molecular weight excluding hydrogens is 372 g/mol. The minimum atomic E-state index is -0.541. The Morgan fingerprint density at radius 3 is 1.69 bits per heavy atom. The minimum Gasteiger partial charge on any atom is -0.444 e. The lowest BCUT2D eigenvalue weighted by Crippen LogP contribution is -2.44. The summed E-state index contributed by atoms with van der Waals surface area (Å²) in [6, 6.07) is 0. The van der Waals surface area contributed by atoms with Gasteiger partial charge in [0, 0.05) is 26.1 Å². The number of rotatable bonds is 0. The Balaban J connectivity index is 0.000000291. The third-order valence-electron chi connectivity index (χ3n) is 4.72. The molecule has 0 spiro atoms. The Labute approximate surface area is 176 Å². The smallest absolute Gasteiger partial charge is 0.417 e. The van der Waals surface area contributed by atoms with Crippen molar-refractivity contribution in [3.05, 3.63) is 0 Å². The number of hydrogen-bond acceptors (Lipinski definition) is 5. The van der Waals surface area contributed by atoms with Gasteiger partial charge >= 0.3 is 12.2 Å². The highest BCUT2D eigenvalue weighted by molar-refractivity contribution is 5.92. The topological polar surface area (TPSA) is 76.2 Å². The first-order valence-corrected chi connectivity index (χ1v) is 10.7. The molecule has 0 N–H and O–H groups in total. The van der Waals surface area contributed by atoms with Crippen molar-refractivity contribution in [3.8, 4) is 0 Å². The van der Waals surface area contributed by atoms with E-state index < -0.39 is 11.7 Å². The highest BCUT2D eigenvalue weighted by Gasteiger charge is 2.31. The molecule has 2 fully saturated rings. The van der Waals surface area contributed by atoms with E-state index in [1.54, 1.807) is 20.8 Å². The van der Waals surface area contributed by atoms with Crippen molar-refractivity contribution in [1.82, 2.24) is 9.80 Å². The van der Waals surface area contributed by atoms with E-state index in [1.165, 1.54) is 4.90 Å². The van der Waals surface area contributed by atoms with Crippen LogP contribution < -0.4 is 0 Å². The molecule has 7 heteroatoms. The van der Waals surface area contributed by atoms with Gasteiger partial charge in [-0.3, -0.25) is 4.79 Å². The zero-order valence-corrected chi connectivity index (χ0v) is 19.5. The zero-order chi connectivity index (χ0) is 22.4. The average molecular weight is 413 g/mol. The molecule has 2 rings (SSSR count). The van der Waals surface area contributed by atoms with Gasteiger partial charge in [0.2, 0.25) is 5.91 Å². The predicted molar refractivity (Wildman–Crippen MR) is 113 cm³/mol. The van der Waals surface area contributed by atoms with Crippen molar-refractivity contribution in [2.24, 2.45) is 11.8 Å². The van der Waals surface area contributed by atoms with Gasteiger partial charge in [-0.25, -0.2) is 14.5 Å². The second-order valence-corrected chi connectivity index (χ2v) is 10.3. The van der Waals surface area contributed by atoms with Crippen molar-refractivity contribution >= 4 is 18.1 Å². The first-order chi connectivity index (χ1) is 13.2. The highest BCUT2D eigenvalue weighted by atomic mass is 16.6. The Hall–Kier alpha value is -1.79. The lowest BCUT2D eigenvalue weighted by molar-refractivity contribution is -0.133. The van der Waals surface area contributed by atoms with Gasteiger partial charge in [-0.15, -0.1) is 0 Å². The maximum absolute atomic E-state index is 11.6. The van der Waals surface area contributed by atoms with Crippen LogP contribution in [0.1, 0.15) is 81.1 Å². The molecule has 29 heavy (non-hydrogen) atoms. The first-order valence-electron chi connectivity index (χ1n) is 10.7. The molecule has 2 saturated heterocycles. The van der Waals surface area contributed by atoms with Gasteiger partial charge in [0.25, 0.3) is 0 Å². The van der Waals surface area contributed by atoms with Crippen LogP contribution >= 0.6 is 0 Å². The Bertz CT molecular complexity index is 569. The molecule has 0 aliphatic carbocycles. The number of piperidine rings is 2. The van der Waals surface area contributed by atoms with E-state index in [9.17, 15) is 14.4 Å². The number of hydrogen-bond donors (Lipinski definition) is 0. The third-order valence-corrected chi connectivity index (χ3v) is 4.72.